The van der Waals surface area contributed by atoms with Gasteiger partial charge >= 0.3 is 6.18 Å². The second-order valence-corrected chi connectivity index (χ2v) is 8.62. The van der Waals surface area contributed by atoms with E-state index < -0.39 is 28.7 Å². The fourth-order valence-electron chi connectivity index (χ4n) is 3.61. The molecule has 1 aliphatic rings. The molecule has 3 aromatic rings. The smallest absolute Gasteiger partial charge is 0.417 e. The lowest BCUT2D eigenvalue weighted by Gasteiger charge is -2.18. The maximum absolute atomic E-state index is 13.3. The molecule has 0 saturated carbocycles. The number of H-pyrrole nitrogens is 1. The first-order valence-electron chi connectivity index (χ1n) is 9.30. The van der Waals surface area contributed by atoms with Crippen LogP contribution >= 0.6 is 0 Å². The number of halogens is 3. The van der Waals surface area contributed by atoms with Gasteiger partial charge in [-0.2, -0.15) is 13.2 Å². The molecule has 1 atom stereocenters. The fourth-order valence-corrected chi connectivity index (χ4v) is 4.86. The Hall–Kier alpha value is -2.29. The predicted molar refractivity (Wildman–Crippen MR) is 106 cm³/mol. The monoisotopic (exact) mass is 420 g/mol. The summed E-state index contributed by atoms with van der Waals surface area (Å²) in [5, 5.41) is -0.0265. The van der Waals surface area contributed by atoms with Gasteiger partial charge in [0.2, 0.25) is 5.56 Å². The lowest BCUT2D eigenvalue weighted by molar-refractivity contribution is -0.136. The Morgan fingerprint density at radius 3 is 2.31 bits per heavy atom. The molecule has 0 spiro atoms. The zero-order chi connectivity index (χ0) is 20.6. The molecule has 0 radical (unpaired) electrons. The summed E-state index contributed by atoms with van der Waals surface area (Å²) in [5.74, 6) is 0. The van der Waals surface area contributed by atoms with Crippen molar-refractivity contribution in [2.75, 3.05) is 13.1 Å². The highest BCUT2D eigenvalue weighted by Gasteiger charge is 2.33. The molecule has 0 amide bonds. The SMILES string of the molecule is O=c1cc(C(F)(F)F)c2cc(Cc3ccc([S+]([O-])N4CCCC4)cc3)ccc2[nH]1. The van der Waals surface area contributed by atoms with Crippen molar-refractivity contribution >= 4 is 22.3 Å². The number of pyridine rings is 1. The molecule has 1 fully saturated rings. The highest BCUT2D eigenvalue weighted by Crippen LogP contribution is 2.33. The van der Waals surface area contributed by atoms with E-state index in [2.05, 4.69) is 4.98 Å². The first-order valence-corrected chi connectivity index (χ1v) is 10.4. The van der Waals surface area contributed by atoms with Gasteiger partial charge in [-0.3, -0.25) is 4.79 Å². The molecule has 0 aliphatic carbocycles. The van der Waals surface area contributed by atoms with E-state index in [9.17, 15) is 22.5 Å². The van der Waals surface area contributed by atoms with E-state index in [0.29, 0.717) is 18.1 Å². The van der Waals surface area contributed by atoms with Crippen molar-refractivity contribution in [2.45, 2.75) is 30.3 Å². The van der Waals surface area contributed by atoms with Gasteiger partial charge in [-0.1, -0.05) is 18.2 Å². The molecular formula is C21H19F3N2O2S. The minimum atomic E-state index is -4.60. The number of rotatable bonds is 4. The molecule has 29 heavy (non-hydrogen) atoms. The maximum atomic E-state index is 13.3. The van der Waals surface area contributed by atoms with Crippen LogP contribution in [0.25, 0.3) is 10.9 Å². The lowest BCUT2D eigenvalue weighted by atomic mass is 10.0. The van der Waals surface area contributed by atoms with Crippen molar-refractivity contribution < 1.29 is 17.7 Å². The van der Waals surface area contributed by atoms with Crippen molar-refractivity contribution in [2.24, 2.45) is 0 Å². The Bertz CT molecular complexity index is 1070. The standard InChI is InChI=1S/C21H19F3N2O2S/c22-21(23,24)18-13-20(27)25-19-8-5-15(12-17(18)19)11-14-3-6-16(7-4-14)29(28)26-9-1-2-10-26/h3-8,12-13H,1-2,9-11H2,(H,25,27). The normalized spacial score (nSPS) is 16.4. The zero-order valence-electron chi connectivity index (χ0n) is 15.5. The lowest BCUT2D eigenvalue weighted by Crippen LogP contribution is -2.27. The summed E-state index contributed by atoms with van der Waals surface area (Å²) >= 11 is -1.17. The number of hydrogen-bond acceptors (Lipinski definition) is 3. The van der Waals surface area contributed by atoms with E-state index in [1.54, 1.807) is 6.07 Å². The van der Waals surface area contributed by atoms with Gasteiger partial charge in [0, 0.05) is 30.1 Å². The molecule has 4 nitrogen and oxygen atoms in total. The number of alkyl halides is 3. The van der Waals surface area contributed by atoms with Crippen molar-refractivity contribution in [3.8, 4) is 0 Å². The van der Waals surface area contributed by atoms with Gasteiger partial charge in [-0.05, 0) is 54.7 Å². The third kappa shape index (κ3) is 4.34. The molecule has 0 bridgehead atoms. The summed E-state index contributed by atoms with van der Waals surface area (Å²) in [6.45, 7) is 1.66. The quantitative estimate of drug-likeness (QED) is 0.642. The van der Waals surface area contributed by atoms with Crippen molar-refractivity contribution in [1.82, 2.24) is 9.29 Å². The number of fused-ring (bicyclic) bond motifs is 1. The van der Waals surface area contributed by atoms with Gasteiger partial charge in [-0.25, -0.2) is 0 Å². The number of hydrogen-bond donors (Lipinski definition) is 1. The van der Waals surface area contributed by atoms with Crippen molar-refractivity contribution in [3.05, 3.63) is 75.6 Å². The van der Waals surface area contributed by atoms with Gasteiger partial charge in [0.25, 0.3) is 0 Å². The van der Waals surface area contributed by atoms with E-state index in [-0.39, 0.29) is 10.9 Å². The highest BCUT2D eigenvalue weighted by atomic mass is 32.2. The first-order chi connectivity index (χ1) is 13.8. The molecule has 8 heteroatoms. The van der Waals surface area contributed by atoms with E-state index >= 15 is 0 Å². The van der Waals surface area contributed by atoms with E-state index in [4.69, 9.17) is 0 Å². The third-order valence-corrected chi connectivity index (χ3v) is 6.56. The second-order valence-electron chi connectivity index (χ2n) is 7.13. The molecule has 1 unspecified atom stereocenters. The van der Waals surface area contributed by atoms with E-state index in [1.807, 2.05) is 28.6 Å². The van der Waals surface area contributed by atoms with Crippen LogP contribution in [0.3, 0.4) is 0 Å². The van der Waals surface area contributed by atoms with Gasteiger partial charge < -0.3 is 9.54 Å². The van der Waals surface area contributed by atoms with Gasteiger partial charge in [0.1, 0.15) is 0 Å². The van der Waals surface area contributed by atoms with Crippen LogP contribution in [-0.2, 0) is 24.0 Å². The molecule has 152 valence electrons. The van der Waals surface area contributed by atoms with E-state index in [0.717, 1.165) is 36.4 Å². The Balaban J connectivity index is 1.59. The minimum Gasteiger partial charge on any atom is -0.593 e. The Morgan fingerprint density at radius 2 is 1.66 bits per heavy atom. The minimum absolute atomic E-state index is 0.0265. The summed E-state index contributed by atoms with van der Waals surface area (Å²) < 4.78 is 54.4. The molecule has 1 N–H and O–H groups in total. The van der Waals surface area contributed by atoms with Gasteiger partial charge in [-0.15, -0.1) is 4.31 Å². The molecule has 2 heterocycles. The molecule has 1 aromatic heterocycles. The van der Waals surface area contributed by atoms with Crippen LogP contribution in [0.1, 0.15) is 29.5 Å². The summed E-state index contributed by atoms with van der Waals surface area (Å²) in [7, 11) is 0. The maximum Gasteiger partial charge on any atom is 0.417 e. The van der Waals surface area contributed by atoms with Gasteiger partial charge in [0.05, 0.1) is 16.9 Å². The Labute approximate surface area is 168 Å². The van der Waals surface area contributed by atoms with Crippen LogP contribution < -0.4 is 5.56 Å². The molecular weight excluding hydrogens is 401 g/mol. The molecule has 1 saturated heterocycles. The third-order valence-electron chi connectivity index (χ3n) is 5.05. The molecule has 2 aromatic carbocycles. The van der Waals surface area contributed by atoms with Crippen LogP contribution in [0.4, 0.5) is 13.2 Å². The Morgan fingerprint density at radius 1 is 1.00 bits per heavy atom. The number of benzene rings is 2. The topological polar surface area (TPSA) is 59.2 Å². The van der Waals surface area contributed by atoms with Crippen LogP contribution in [-0.4, -0.2) is 26.9 Å². The number of nitrogens with one attached hydrogen (secondary N) is 1. The summed E-state index contributed by atoms with van der Waals surface area (Å²) in [6.07, 6.45) is -2.07. The molecule has 4 rings (SSSR count). The van der Waals surface area contributed by atoms with Crippen LogP contribution in [0.5, 0.6) is 0 Å². The highest BCUT2D eigenvalue weighted by molar-refractivity contribution is 7.89. The van der Waals surface area contributed by atoms with Crippen molar-refractivity contribution in [1.29, 1.82) is 0 Å². The average molecular weight is 420 g/mol. The summed E-state index contributed by atoms with van der Waals surface area (Å²) in [4.78, 5) is 14.7. The predicted octanol–water partition coefficient (Wildman–Crippen LogP) is 4.26. The number of aromatic amines is 1. The van der Waals surface area contributed by atoms with Gasteiger partial charge in [0.15, 0.2) is 4.90 Å². The van der Waals surface area contributed by atoms with Crippen molar-refractivity contribution in [3.63, 3.8) is 0 Å². The Kier molecular flexibility index (Phi) is 5.42. The summed E-state index contributed by atoms with van der Waals surface area (Å²) in [5.41, 5.74) is 0.0477. The first kappa shape index (κ1) is 20.0. The summed E-state index contributed by atoms with van der Waals surface area (Å²) in [6, 6.07) is 12.6. The van der Waals surface area contributed by atoms with Crippen LogP contribution in [0, 0.1) is 0 Å². The largest absolute Gasteiger partial charge is 0.593 e. The number of aromatic nitrogens is 1. The van der Waals surface area contributed by atoms with Crippen LogP contribution in [0.15, 0.2) is 58.2 Å². The number of nitrogens with zero attached hydrogens (tertiary/aromatic N) is 1. The average Bonchev–Trinajstić information content (AvgIpc) is 3.22. The fraction of sp³-hybridized carbons (Fsp3) is 0.286. The zero-order valence-corrected chi connectivity index (χ0v) is 16.3. The van der Waals surface area contributed by atoms with Crippen LogP contribution in [0.2, 0.25) is 0 Å². The second kappa shape index (κ2) is 7.85. The molecule has 1 aliphatic heterocycles. The van der Waals surface area contributed by atoms with E-state index in [1.165, 1.54) is 12.1 Å².